The first-order valence-electron chi connectivity index (χ1n) is 6.44. The fourth-order valence-corrected chi connectivity index (χ4v) is 2.40. The van der Waals surface area contributed by atoms with E-state index in [2.05, 4.69) is 11.9 Å². The summed E-state index contributed by atoms with van der Waals surface area (Å²) in [6.07, 6.45) is 2.51. The van der Waals surface area contributed by atoms with Crippen LogP contribution in [0.15, 0.2) is 18.2 Å². The van der Waals surface area contributed by atoms with E-state index in [1.807, 2.05) is 18.2 Å². The zero-order valence-electron chi connectivity index (χ0n) is 11.2. The molecule has 1 aliphatic rings. The van der Waals surface area contributed by atoms with Gasteiger partial charge in [-0.05, 0) is 38.6 Å². The Kier molecular flexibility index (Phi) is 4.31. The van der Waals surface area contributed by atoms with Crippen LogP contribution in [0.4, 0.5) is 5.69 Å². The quantitative estimate of drug-likeness (QED) is 0.830. The van der Waals surface area contributed by atoms with Gasteiger partial charge in [0, 0.05) is 18.5 Å². The lowest BCUT2D eigenvalue weighted by Crippen LogP contribution is -2.34. The molecule has 1 heterocycles. The Labute approximate surface area is 109 Å². The van der Waals surface area contributed by atoms with Crippen molar-refractivity contribution in [3.63, 3.8) is 0 Å². The van der Waals surface area contributed by atoms with Crippen molar-refractivity contribution in [3.05, 3.63) is 18.2 Å². The number of nitrogens with zero attached hydrogens (tertiary/aromatic N) is 1. The molecular formula is C14H22N2O2. The van der Waals surface area contributed by atoms with Crippen LogP contribution in [0.5, 0.6) is 11.5 Å². The van der Waals surface area contributed by atoms with E-state index in [1.165, 1.54) is 19.4 Å². The average Bonchev–Trinajstić information content (AvgIpc) is 2.38. The van der Waals surface area contributed by atoms with Gasteiger partial charge in [0.1, 0.15) is 11.5 Å². The summed E-state index contributed by atoms with van der Waals surface area (Å²) in [5.41, 5.74) is 6.41. The Hall–Kier alpha value is -1.42. The van der Waals surface area contributed by atoms with Gasteiger partial charge >= 0.3 is 0 Å². The number of benzene rings is 1. The van der Waals surface area contributed by atoms with E-state index in [1.54, 1.807) is 7.11 Å². The Bertz CT molecular complexity index is 395. The Morgan fingerprint density at radius 2 is 2.28 bits per heavy atom. The average molecular weight is 250 g/mol. The fourth-order valence-electron chi connectivity index (χ4n) is 2.40. The van der Waals surface area contributed by atoms with Crippen LogP contribution in [-0.2, 0) is 0 Å². The number of rotatable bonds is 4. The minimum atomic E-state index is 0.618. The van der Waals surface area contributed by atoms with Crippen LogP contribution in [0.2, 0.25) is 0 Å². The highest BCUT2D eigenvalue weighted by Gasteiger charge is 2.17. The van der Waals surface area contributed by atoms with Crippen molar-refractivity contribution in [2.24, 2.45) is 5.92 Å². The summed E-state index contributed by atoms with van der Waals surface area (Å²) < 4.78 is 11.0. The number of nitrogens with two attached hydrogens (primary N) is 1. The number of piperidine rings is 1. The molecule has 0 amide bonds. The van der Waals surface area contributed by atoms with E-state index in [-0.39, 0.29) is 0 Å². The number of hydrogen-bond acceptors (Lipinski definition) is 4. The summed E-state index contributed by atoms with van der Waals surface area (Å²) in [7, 11) is 3.78. The van der Waals surface area contributed by atoms with Crippen molar-refractivity contribution in [3.8, 4) is 11.5 Å². The molecule has 18 heavy (non-hydrogen) atoms. The third-order valence-corrected chi connectivity index (χ3v) is 3.41. The molecule has 1 aliphatic heterocycles. The number of anilines is 1. The van der Waals surface area contributed by atoms with Crippen LogP contribution in [-0.4, -0.2) is 38.8 Å². The predicted molar refractivity (Wildman–Crippen MR) is 73.1 cm³/mol. The smallest absolute Gasteiger partial charge is 0.145 e. The minimum Gasteiger partial charge on any atom is -0.494 e. The van der Waals surface area contributed by atoms with Crippen LogP contribution < -0.4 is 15.2 Å². The standard InChI is InChI=1S/C14H22N2O2/c1-16-7-3-4-11(9-16)10-18-12-5-6-13(15)14(8-12)17-2/h5-6,8,11H,3-4,7,9-10,15H2,1-2H3. The second-order valence-corrected chi connectivity index (χ2v) is 4.99. The van der Waals surface area contributed by atoms with E-state index in [0.29, 0.717) is 17.4 Å². The molecule has 0 radical (unpaired) electrons. The van der Waals surface area contributed by atoms with Gasteiger partial charge in [-0.3, -0.25) is 0 Å². The van der Waals surface area contributed by atoms with Crippen LogP contribution in [0.1, 0.15) is 12.8 Å². The van der Waals surface area contributed by atoms with Crippen LogP contribution >= 0.6 is 0 Å². The summed E-state index contributed by atoms with van der Waals surface area (Å²) in [6.45, 7) is 3.08. The van der Waals surface area contributed by atoms with E-state index in [9.17, 15) is 0 Å². The van der Waals surface area contributed by atoms with Gasteiger partial charge in [0.15, 0.2) is 0 Å². The molecule has 0 spiro atoms. The molecule has 1 fully saturated rings. The van der Waals surface area contributed by atoms with Gasteiger partial charge in [-0.25, -0.2) is 0 Å². The first-order chi connectivity index (χ1) is 8.69. The van der Waals surface area contributed by atoms with Gasteiger partial charge in [0.05, 0.1) is 19.4 Å². The normalized spacial score (nSPS) is 20.7. The van der Waals surface area contributed by atoms with Gasteiger partial charge < -0.3 is 20.1 Å². The summed E-state index contributed by atoms with van der Waals surface area (Å²) in [5.74, 6) is 2.12. The highest BCUT2D eigenvalue weighted by molar-refractivity contribution is 5.55. The van der Waals surface area contributed by atoms with Crippen molar-refractivity contribution in [1.82, 2.24) is 4.90 Å². The van der Waals surface area contributed by atoms with Crippen molar-refractivity contribution in [2.45, 2.75) is 12.8 Å². The molecule has 2 N–H and O–H groups in total. The Morgan fingerprint density at radius 3 is 3.00 bits per heavy atom. The van der Waals surface area contributed by atoms with Crippen molar-refractivity contribution < 1.29 is 9.47 Å². The first kappa shape index (κ1) is 13.0. The SMILES string of the molecule is COc1cc(OCC2CCCN(C)C2)ccc1N. The zero-order valence-corrected chi connectivity index (χ0v) is 11.2. The lowest BCUT2D eigenvalue weighted by atomic mass is 10.00. The molecule has 4 heteroatoms. The molecule has 1 aromatic rings. The van der Waals surface area contributed by atoms with Crippen molar-refractivity contribution in [2.75, 3.05) is 39.6 Å². The molecule has 1 unspecified atom stereocenters. The maximum atomic E-state index is 5.83. The second-order valence-electron chi connectivity index (χ2n) is 4.99. The summed E-state index contributed by atoms with van der Waals surface area (Å²) in [6, 6.07) is 5.56. The lowest BCUT2D eigenvalue weighted by molar-refractivity contribution is 0.150. The van der Waals surface area contributed by atoms with Gasteiger partial charge in [-0.1, -0.05) is 0 Å². The topological polar surface area (TPSA) is 47.7 Å². The number of ether oxygens (including phenoxy) is 2. The maximum Gasteiger partial charge on any atom is 0.145 e. The van der Waals surface area contributed by atoms with Crippen LogP contribution in [0.3, 0.4) is 0 Å². The van der Waals surface area contributed by atoms with Crippen molar-refractivity contribution >= 4 is 5.69 Å². The van der Waals surface area contributed by atoms with Crippen molar-refractivity contribution in [1.29, 1.82) is 0 Å². The van der Waals surface area contributed by atoms with Gasteiger partial charge in [0.25, 0.3) is 0 Å². The molecule has 1 atom stereocenters. The second kappa shape index (κ2) is 5.96. The van der Waals surface area contributed by atoms with E-state index in [0.717, 1.165) is 18.9 Å². The van der Waals surface area contributed by atoms with Gasteiger partial charge in [0.2, 0.25) is 0 Å². The largest absolute Gasteiger partial charge is 0.494 e. The third-order valence-electron chi connectivity index (χ3n) is 3.41. The number of likely N-dealkylation sites (tertiary alicyclic amines) is 1. The molecule has 0 aliphatic carbocycles. The lowest BCUT2D eigenvalue weighted by Gasteiger charge is -2.29. The molecule has 2 rings (SSSR count). The zero-order chi connectivity index (χ0) is 13.0. The molecule has 0 saturated carbocycles. The molecule has 4 nitrogen and oxygen atoms in total. The van der Waals surface area contributed by atoms with Crippen LogP contribution in [0.25, 0.3) is 0 Å². The van der Waals surface area contributed by atoms with E-state index >= 15 is 0 Å². The minimum absolute atomic E-state index is 0.618. The number of methoxy groups -OCH3 is 1. The molecule has 0 aromatic heterocycles. The summed E-state index contributed by atoms with van der Waals surface area (Å²) in [4.78, 5) is 2.36. The Balaban J connectivity index is 1.89. The maximum absolute atomic E-state index is 5.83. The highest BCUT2D eigenvalue weighted by atomic mass is 16.5. The number of hydrogen-bond donors (Lipinski definition) is 1. The number of nitrogen functional groups attached to an aromatic ring is 1. The summed E-state index contributed by atoms with van der Waals surface area (Å²) >= 11 is 0. The van der Waals surface area contributed by atoms with Gasteiger partial charge in [-0.2, -0.15) is 0 Å². The van der Waals surface area contributed by atoms with Crippen LogP contribution in [0, 0.1) is 5.92 Å². The third kappa shape index (κ3) is 3.29. The monoisotopic (exact) mass is 250 g/mol. The molecule has 0 bridgehead atoms. The van der Waals surface area contributed by atoms with Gasteiger partial charge in [-0.15, -0.1) is 0 Å². The molecule has 1 saturated heterocycles. The van der Waals surface area contributed by atoms with E-state index in [4.69, 9.17) is 15.2 Å². The molecule has 100 valence electrons. The molecule has 1 aromatic carbocycles. The highest BCUT2D eigenvalue weighted by Crippen LogP contribution is 2.27. The Morgan fingerprint density at radius 1 is 1.44 bits per heavy atom. The fraction of sp³-hybridized carbons (Fsp3) is 0.571. The predicted octanol–water partition coefficient (Wildman–Crippen LogP) is 2.00. The first-order valence-corrected chi connectivity index (χ1v) is 6.44. The summed E-state index contributed by atoms with van der Waals surface area (Å²) in [5, 5.41) is 0. The molecular weight excluding hydrogens is 228 g/mol. The van der Waals surface area contributed by atoms with E-state index < -0.39 is 0 Å².